The van der Waals surface area contributed by atoms with Crippen LogP contribution in [0.3, 0.4) is 0 Å². The zero-order valence-corrected chi connectivity index (χ0v) is 13.2. The molecule has 0 spiro atoms. The Labute approximate surface area is 127 Å². The monoisotopic (exact) mass is 337 g/mol. The Morgan fingerprint density at radius 3 is 2.58 bits per heavy atom. The van der Waals surface area contributed by atoms with E-state index in [1.54, 1.807) is 0 Å². The highest BCUT2D eigenvalue weighted by Crippen LogP contribution is 2.26. The summed E-state index contributed by atoms with van der Waals surface area (Å²) in [5, 5.41) is 0.763. The van der Waals surface area contributed by atoms with Gasteiger partial charge in [0.2, 0.25) is 0 Å². The first-order chi connectivity index (χ1) is 9.11. The molecule has 19 heavy (non-hydrogen) atoms. The van der Waals surface area contributed by atoms with Gasteiger partial charge in [0.15, 0.2) is 0 Å². The van der Waals surface area contributed by atoms with Crippen molar-refractivity contribution in [1.29, 1.82) is 0 Å². The minimum atomic E-state index is -0.0187. The lowest BCUT2D eigenvalue weighted by Crippen LogP contribution is -2.15. The van der Waals surface area contributed by atoms with Gasteiger partial charge in [0.1, 0.15) is 0 Å². The molecule has 1 unspecified atom stereocenters. The molecule has 2 N–H and O–H groups in total. The van der Waals surface area contributed by atoms with E-state index in [0.717, 1.165) is 27.9 Å². The molecule has 0 aliphatic heterocycles. The standard InChI is InChI=1S/C16H17BrClN/c1-2-11-5-3-4-6-14(11)16(19)9-12-7-8-13(17)10-15(12)18/h3-8,10,16H,2,9,19H2,1H3. The molecule has 0 amide bonds. The summed E-state index contributed by atoms with van der Waals surface area (Å²) in [5.74, 6) is 0. The van der Waals surface area contributed by atoms with Gasteiger partial charge >= 0.3 is 0 Å². The van der Waals surface area contributed by atoms with Crippen molar-refractivity contribution in [3.63, 3.8) is 0 Å². The van der Waals surface area contributed by atoms with Crippen LogP contribution < -0.4 is 5.73 Å². The molecule has 0 saturated carbocycles. The van der Waals surface area contributed by atoms with Crippen LogP contribution in [0.4, 0.5) is 0 Å². The summed E-state index contributed by atoms with van der Waals surface area (Å²) in [7, 11) is 0. The molecule has 0 bridgehead atoms. The van der Waals surface area contributed by atoms with Crippen LogP contribution in [0, 0.1) is 0 Å². The topological polar surface area (TPSA) is 26.0 Å². The average Bonchev–Trinajstić information content (AvgIpc) is 2.41. The van der Waals surface area contributed by atoms with Gasteiger partial charge in [-0.15, -0.1) is 0 Å². The summed E-state index contributed by atoms with van der Waals surface area (Å²) in [5.41, 5.74) is 9.95. The van der Waals surface area contributed by atoms with Gasteiger partial charge in [-0.2, -0.15) is 0 Å². The van der Waals surface area contributed by atoms with Crippen molar-refractivity contribution < 1.29 is 0 Å². The molecule has 2 rings (SSSR count). The van der Waals surface area contributed by atoms with Crippen molar-refractivity contribution >= 4 is 27.5 Å². The van der Waals surface area contributed by atoms with Crippen LogP contribution in [0.15, 0.2) is 46.9 Å². The third-order valence-electron chi connectivity index (χ3n) is 3.29. The number of aryl methyl sites for hydroxylation is 1. The molecule has 0 saturated heterocycles. The highest BCUT2D eigenvalue weighted by atomic mass is 79.9. The van der Waals surface area contributed by atoms with Crippen molar-refractivity contribution in [2.45, 2.75) is 25.8 Å². The normalized spacial score (nSPS) is 12.4. The number of halogens is 2. The predicted molar refractivity (Wildman–Crippen MR) is 85.6 cm³/mol. The smallest absolute Gasteiger partial charge is 0.0449 e. The summed E-state index contributed by atoms with van der Waals surface area (Å²) < 4.78 is 0.990. The van der Waals surface area contributed by atoms with Gasteiger partial charge in [0.05, 0.1) is 0 Å². The van der Waals surface area contributed by atoms with Gasteiger partial charge in [-0.1, -0.05) is 64.8 Å². The molecule has 2 aromatic rings. The fourth-order valence-electron chi connectivity index (χ4n) is 2.25. The van der Waals surface area contributed by atoms with E-state index in [4.69, 9.17) is 17.3 Å². The van der Waals surface area contributed by atoms with Gasteiger partial charge in [-0.05, 0) is 41.7 Å². The van der Waals surface area contributed by atoms with Crippen LogP contribution in [0.5, 0.6) is 0 Å². The van der Waals surface area contributed by atoms with Gasteiger partial charge in [0, 0.05) is 15.5 Å². The van der Waals surface area contributed by atoms with Crippen molar-refractivity contribution in [1.82, 2.24) is 0 Å². The third-order valence-corrected chi connectivity index (χ3v) is 4.14. The predicted octanol–water partition coefficient (Wildman–Crippen LogP) is 4.91. The molecule has 0 heterocycles. The fraction of sp³-hybridized carbons (Fsp3) is 0.250. The van der Waals surface area contributed by atoms with Crippen LogP contribution in [0.2, 0.25) is 5.02 Å². The lowest BCUT2D eigenvalue weighted by Gasteiger charge is -2.16. The van der Waals surface area contributed by atoms with E-state index in [0.29, 0.717) is 0 Å². The van der Waals surface area contributed by atoms with Gasteiger partial charge in [-0.3, -0.25) is 0 Å². The molecule has 1 atom stereocenters. The maximum absolute atomic E-state index is 6.34. The lowest BCUT2D eigenvalue weighted by atomic mass is 9.94. The molecular weight excluding hydrogens is 322 g/mol. The minimum Gasteiger partial charge on any atom is -0.324 e. The van der Waals surface area contributed by atoms with E-state index in [1.807, 2.05) is 24.3 Å². The van der Waals surface area contributed by atoms with Crippen molar-refractivity contribution in [3.8, 4) is 0 Å². The molecule has 1 nitrogen and oxygen atoms in total. The Bertz CT molecular complexity index is 568. The van der Waals surface area contributed by atoms with Crippen LogP contribution in [-0.2, 0) is 12.8 Å². The summed E-state index contributed by atoms with van der Waals surface area (Å²) in [6, 6.07) is 14.3. The van der Waals surface area contributed by atoms with Crippen molar-refractivity contribution in [2.75, 3.05) is 0 Å². The molecule has 0 aliphatic rings. The Kier molecular flexibility index (Phi) is 5.03. The second-order valence-corrected chi connectivity index (χ2v) is 5.92. The highest BCUT2D eigenvalue weighted by Gasteiger charge is 2.12. The molecule has 0 fully saturated rings. The number of rotatable bonds is 4. The largest absolute Gasteiger partial charge is 0.324 e. The van der Waals surface area contributed by atoms with Crippen LogP contribution in [-0.4, -0.2) is 0 Å². The minimum absolute atomic E-state index is 0.0187. The second kappa shape index (κ2) is 6.56. The first-order valence-corrected chi connectivity index (χ1v) is 7.56. The molecule has 2 aromatic carbocycles. The Morgan fingerprint density at radius 1 is 1.16 bits per heavy atom. The van der Waals surface area contributed by atoms with Gasteiger partial charge in [-0.25, -0.2) is 0 Å². The van der Waals surface area contributed by atoms with E-state index < -0.39 is 0 Å². The zero-order valence-electron chi connectivity index (χ0n) is 10.9. The Balaban J connectivity index is 2.23. The Hall–Kier alpha value is -0.830. The lowest BCUT2D eigenvalue weighted by molar-refractivity contribution is 0.712. The maximum Gasteiger partial charge on any atom is 0.0449 e. The first-order valence-electron chi connectivity index (χ1n) is 6.39. The van der Waals surface area contributed by atoms with E-state index >= 15 is 0 Å². The van der Waals surface area contributed by atoms with E-state index in [2.05, 4.69) is 41.1 Å². The third kappa shape index (κ3) is 3.59. The van der Waals surface area contributed by atoms with E-state index in [1.165, 1.54) is 11.1 Å². The summed E-state index contributed by atoms with van der Waals surface area (Å²) in [6.07, 6.45) is 1.75. The molecule has 100 valence electrons. The SMILES string of the molecule is CCc1ccccc1C(N)Cc1ccc(Br)cc1Cl. The number of nitrogens with two attached hydrogens (primary N) is 1. The van der Waals surface area contributed by atoms with Crippen molar-refractivity contribution in [2.24, 2.45) is 5.73 Å². The quantitative estimate of drug-likeness (QED) is 0.842. The summed E-state index contributed by atoms with van der Waals surface area (Å²) >= 11 is 9.66. The Morgan fingerprint density at radius 2 is 1.89 bits per heavy atom. The number of hydrogen-bond donors (Lipinski definition) is 1. The average molecular weight is 339 g/mol. The fourth-order valence-corrected chi connectivity index (χ4v) is 3.00. The second-order valence-electron chi connectivity index (χ2n) is 4.60. The van der Waals surface area contributed by atoms with Crippen LogP contribution in [0.25, 0.3) is 0 Å². The molecule has 0 aromatic heterocycles. The van der Waals surface area contributed by atoms with Crippen LogP contribution >= 0.6 is 27.5 Å². The summed E-state index contributed by atoms with van der Waals surface area (Å²) in [6.45, 7) is 2.15. The first kappa shape index (κ1) is 14.6. The molecular formula is C16H17BrClN. The van der Waals surface area contributed by atoms with E-state index in [-0.39, 0.29) is 6.04 Å². The molecule has 0 radical (unpaired) electrons. The number of hydrogen-bond acceptors (Lipinski definition) is 1. The molecule has 3 heteroatoms. The zero-order chi connectivity index (χ0) is 13.8. The summed E-state index contributed by atoms with van der Waals surface area (Å²) in [4.78, 5) is 0. The highest BCUT2D eigenvalue weighted by molar-refractivity contribution is 9.10. The molecule has 0 aliphatic carbocycles. The van der Waals surface area contributed by atoms with Gasteiger partial charge < -0.3 is 5.73 Å². The number of benzene rings is 2. The van der Waals surface area contributed by atoms with Gasteiger partial charge in [0.25, 0.3) is 0 Å². The maximum atomic E-state index is 6.34. The van der Waals surface area contributed by atoms with Crippen LogP contribution in [0.1, 0.15) is 29.7 Å². The van der Waals surface area contributed by atoms with E-state index in [9.17, 15) is 0 Å². The van der Waals surface area contributed by atoms with Crippen molar-refractivity contribution in [3.05, 3.63) is 68.7 Å².